The number of methoxy groups -OCH3 is 2. The Kier molecular flexibility index (Phi) is 5.52. The lowest BCUT2D eigenvalue weighted by Gasteiger charge is -2.12. The molecule has 3 aromatic rings. The summed E-state index contributed by atoms with van der Waals surface area (Å²) in [6.07, 6.45) is 1.90. The molecule has 0 fully saturated rings. The second kappa shape index (κ2) is 7.87. The maximum atomic E-state index is 12.8. The lowest BCUT2D eigenvalue weighted by atomic mass is 10.2. The Morgan fingerprint density at radius 1 is 1.14 bits per heavy atom. The van der Waals surface area contributed by atoms with Crippen molar-refractivity contribution in [3.8, 4) is 5.75 Å². The van der Waals surface area contributed by atoms with Crippen LogP contribution in [0.1, 0.15) is 0 Å². The minimum absolute atomic E-state index is 0.103. The highest BCUT2D eigenvalue weighted by atomic mass is 32.2. The molecular formula is C18H19N3O6S. The van der Waals surface area contributed by atoms with Gasteiger partial charge in [0.15, 0.2) is 0 Å². The number of aromatic nitrogens is 1. The molecule has 0 radical (unpaired) electrons. The molecule has 0 atom stereocenters. The molecule has 0 unspecified atom stereocenters. The van der Waals surface area contributed by atoms with Crippen molar-refractivity contribution in [1.29, 1.82) is 0 Å². The van der Waals surface area contributed by atoms with Crippen LogP contribution in [0.15, 0.2) is 53.6 Å². The Morgan fingerprint density at radius 2 is 1.93 bits per heavy atom. The van der Waals surface area contributed by atoms with Crippen molar-refractivity contribution in [2.75, 3.05) is 25.5 Å². The fraction of sp³-hybridized carbons (Fsp3) is 0.222. The van der Waals surface area contributed by atoms with Gasteiger partial charge in [0.2, 0.25) is 0 Å². The topological polar surface area (TPSA) is 113 Å². The quantitative estimate of drug-likeness (QED) is 0.455. The van der Waals surface area contributed by atoms with E-state index in [2.05, 4.69) is 4.72 Å². The summed E-state index contributed by atoms with van der Waals surface area (Å²) >= 11 is 0. The van der Waals surface area contributed by atoms with Crippen LogP contribution in [0.4, 0.5) is 11.4 Å². The summed E-state index contributed by atoms with van der Waals surface area (Å²) in [4.78, 5) is 10.1. The number of sulfonamides is 1. The number of non-ortho nitro benzene ring substituents is 1. The molecule has 0 spiro atoms. The van der Waals surface area contributed by atoms with Crippen molar-refractivity contribution in [3.63, 3.8) is 0 Å². The van der Waals surface area contributed by atoms with Gasteiger partial charge < -0.3 is 14.0 Å². The van der Waals surface area contributed by atoms with Crippen LogP contribution in [0.3, 0.4) is 0 Å². The van der Waals surface area contributed by atoms with E-state index in [9.17, 15) is 18.5 Å². The zero-order chi connectivity index (χ0) is 20.3. The summed E-state index contributed by atoms with van der Waals surface area (Å²) in [6.45, 7) is 1.25. The van der Waals surface area contributed by atoms with Crippen molar-refractivity contribution >= 4 is 32.3 Å². The van der Waals surface area contributed by atoms with Gasteiger partial charge in [0.1, 0.15) is 10.6 Å². The van der Waals surface area contributed by atoms with Gasteiger partial charge in [0, 0.05) is 42.5 Å². The van der Waals surface area contributed by atoms with Crippen molar-refractivity contribution in [1.82, 2.24) is 4.57 Å². The number of hydrogen-bond donors (Lipinski definition) is 1. The molecular weight excluding hydrogens is 386 g/mol. The lowest BCUT2D eigenvalue weighted by molar-refractivity contribution is -0.385. The van der Waals surface area contributed by atoms with Gasteiger partial charge in [-0.15, -0.1) is 0 Å². The Hall–Kier alpha value is -3.11. The van der Waals surface area contributed by atoms with Crippen LogP contribution in [-0.2, 0) is 21.3 Å². The van der Waals surface area contributed by atoms with Crippen LogP contribution in [0.2, 0.25) is 0 Å². The third kappa shape index (κ3) is 3.92. The number of benzene rings is 2. The molecule has 0 saturated carbocycles. The van der Waals surface area contributed by atoms with Gasteiger partial charge in [-0.2, -0.15) is 0 Å². The Morgan fingerprint density at radius 3 is 2.61 bits per heavy atom. The molecule has 0 bridgehead atoms. The third-order valence-electron chi connectivity index (χ3n) is 4.21. The average Bonchev–Trinajstić information content (AvgIpc) is 3.07. The van der Waals surface area contributed by atoms with Crippen molar-refractivity contribution in [2.45, 2.75) is 11.4 Å². The highest BCUT2D eigenvalue weighted by Gasteiger charge is 2.22. The molecule has 0 amide bonds. The lowest BCUT2D eigenvalue weighted by Crippen LogP contribution is -2.14. The number of hydrogen-bond acceptors (Lipinski definition) is 6. The van der Waals surface area contributed by atoms with Crippen molar-refractivity contribution in [3.05, 3.63) is 58.8 Å². The fourth-order valence-corrected chi connectivity index (χ4v) is 4.05. The summed E-state index contributed by atoms with van der Waals surface area (Å²) in [7, 11) is -1.11. The Bertz CT molecular complexity index is 1120. The Labute approximate surface area is 161 Å². The van der Waals surface area contributed by atoms with Gasteiger partial charge in [0.05, 0.1) is 24.7 Å². The first-order valence-corrected chi connectivity index (χ1v) is 9.77. The van der Waals surface area contributed by atoms with Gasteiger partial charge >= 0.3 is 0 Å². The number of fused-ring (bicyclic) bond motifs is 1. The van der Waals surface area contributed by atoms with E-state index in [0.29, 0.717) is 18.8 Å². The minimum atomic E-state index is -4.00. The fourth-order valence-electron chi connectivity index (χ4n) is 2.85. The highest BCUT2D eigenvalue weighted by Crippen LogP contribution is 2.30. The van der Waals surface area contributed by atoms with E-state index < -0.39 is 14.9 Å². The maximum absolute atomic E-state index is 12.8. The molecule has 0 saturated heterocycles. The van der Waals surface area contributed by atoms with E-state index in [1.807, 2.05) is 22.9 Å². The second-order valence-electron chi connectivity index (χ2n) is 5.97. The van der Waals surface area contributed by atoms with Gasteiger partial charge in [0.25, 0.3) is 15.7 Å². The molecule has 148 valence electrons. The third-order valence-corrected chi connectivity index (χ3v) is 5.63. The number of ether oxygens (including phenoxy) is 2. The summed E-state index contributed by atoms with van der Waals surface area (Å²) in [5, 5.41) is 11.8. The molecule has 0 aliphatic heterocycles. The normalized spacial score (nSPS) is 11.5. The zero-order valence-corrected chi connectivity index (χ0v) is 16.1. The number of nitro groups is 1. The largest absolute Gasteiger partial charge is 0.495 e. The van der Waals surface area contributed by atoms with E-state index in [0.717, 1.165) is 29.1 Å². The van der Waals surface area contributed by atoms with Gasteiger partial charge in [-0.05, 0) is 30.3 Å². The van der Waals surface area contributed by atoms with Crippen LogP contribution in [-0.4, -0.2) is 38.7 Å². The van der Waals surface area contributed by atoms with E-state index in [1.54, 1.807) is 19.2 Å². The van der Waals surface area contributed by atoms with Crippen LogP contribution >= 0.6 is 0 Å². The second-order valence-corrected chi connectivity index (χ2v) is 7.62. The summed E-state index contributed by atoms with van der Waals surface area (Å²) in [5.41, 5.74) is 1.07. The first-order chi connectivity index (χ1) is 13.4. The number of anilines is 1. The van der Waals surface area contributed by atoms with E-state index in [1.165, 1.54) is 7.11 Å². The molecule has 2 aromatic carbocycles. The van der Waals surface area contributed by atoms with Crippen LogP contribution in [0, 0.1) is 10.1 Å². The number of rotatable bonds is 8. The molecule has 28 heavy (non-hydrogen) atoms. The first-order valence-electron chi connectivity index (χ1n) is 8.29. The monoisotopic (exact) mass is 405 g/mol. The molecule has 1 N–H and O–H groups in total. The van der Waals surface area contributed by atoms with Crippen LogP contribution in [0.5, 0.6) is 5.75 Å². The van der Waals surface area contributed by atoms with E-state index in [4.69, 9.17) is 9.47 Å². The number of nitro benzene ring substituents is 1. The SMILES string of the molecule is COCCn1ccc2cc(NS(=O)(=O)c3ccc([N+](=O)[O-])cc3OC)ccc21. The minimum Gasteiger partial charge on any atom is -0.495 e. The predicted molar refractivity (Wildman–Crippen MR) is 104 cm³/mol. The summed E-state index contributed by atoms with van der Waals surface area (Å²) in [5.74, 6) is -0.103. The molecule has 1 heterocycles. The van der Waals surface area contributed by atoms with Crippen molar-refractivity contribution in [2.24, 2.45) is 0 Å². The Balaban J connectivity index is 1.91. The zero-order valence-electron chi connectivity index (χ0n) is 15.3. The number of nitrogens with one attached hydrogen (secondary N) is 1. The molecule has 0 aliphatic carbocycles. The molecule has 1 aromatic heterocycles. The van der Waals surface area contributed by atoms with Gasteiger partial charge in [-0.25, -0.2) is 8.42 Å². The van der Waals surface area contributed by atoms with E-state index in [-0.39, 0.29) is 16.3 Å². The smallest absolute Gasteiger partial charge is 0.273 e. The maximum Gasteiger partial charge on any atom is 0.273 e. The number of nitrogens with zero attached hydrogens (tertiary/aromatic N) is 2. The molecule has 3 rings (SSSR count). The van der Waals surface area contributed by atoms with E-state index >= 15 is 0 Å². The molecule has 0 aliphatic rings. The predicted octanol–water partition coefficient (Wildman–Crippen LogP) is 3.01. The average molecular weight is 405 g/mol. The molecule has 9 nitrogen and oxygen atoms in total. The first kappa shape index (κ1) is 19.6. The van der Waals surface area contributed by atoms with Crippen molar-refractivity contribution < 1.29 is 22.8 Å². The standard InChI is InChI=1S/C18H19N3O6S/c1-26-10-9-20-8-7-13-11-14(3-5-16(13)20)19-28(24,25)18-6-4-15(21(22)23)12-17(18)27-2/h3-8,11-12,19H,9-10H2,1-2H3. The van der Waals surface area contributed by atoms with Gasteiger partial charge in [-0.3, -0.25) is 14.8 Å². The van der Waals surface area contributed by atoms with Crippen LogP contribution < -0.4 is 9.46 Å². The van der Waals surface area contributed by atoms with Gasteiger partial charge in [-0.1, -0.05) is 0 Å². The highest BCUT2D eigenvalue weighted by molar-refractivity contribution is 7.92. The summed E-state index contributed by atoms with van der Waals surface area (Å²) in [6, 6.07) is 10.4. The summed E-state index contributed by atoms with van der Waals surface area (Å²) < 4.78 is 40.1. The van der Waals surface area contributed by atoms with Crippen LogP contribution in [0.25, 0.3) is 10.9 Å². The molecule has 10 heteroatoms.